The summed E-state index contributed by atoms with van der Waals surface area (Å²) in [5, 5.41) is 17.4. The van der Waals surface area contributed by atoms with Crippen molar-refractivity contribution in [3.63, 3.8) is 0 Å². The van der Waals surface area contributed by atoms with Gasteiger partial charge in [0.05, 0.1) is 19.2 Å². The Balaban J connectivity index is 0.00000420. The smallest absolute Gasteiger partial charge is 0.386 e. The molecule has 1 aromatic rings. The molecule has 1 aliphatic heterocycles. The number of benzene rings is 1. The van der Waals surface area contributed by atoms with Gasteiger partial charge in [-0.15, -0.1) is 24.0 Å². The van der Waals surface area contributed by atoms with Gasteiger partial charge >= 0.3 is 6.18 Å². The Kier molecular flexibility index (Phi) is 11.3. The lowest BCUT2D eigenvalue weighted by Crippen LogP contribution is -2.41. The van der Waals surface area contributed by atoms with Crippen molar-refractivity contribution in [2.24, 2.45) is 10.9 Å². The van der Waals surface area contributed by atoms with Crippen LogP contribution in [0.15, 0.2) is 23.2 Å². The lowest BCUT2D eigenvalue weighted by Gasteiger charge is -2.19. The lowest BCUT2D eigenvalue weighted by molar-refractivity contribution is -0.143. The van der Waals surface area contributed by atoms with Gasteiger partial charge in [0.2, 0.25) is 0 Å². The van der Waals surface area contributed by atoms with E-state index in [1.807, 2.05) is 6.92 Å². The average Bonchev–Trinajstić information content (AvgIpc) is 3.01. The highest BCUT2D eigenvalue weighted by Gasteiger charge is 2.34. The zero-order valence-electron chi connectivity index (χ0n) is 16.0. The van der Waals surface area contributed by atoms with Crippen molar-refractivity contribution >= 4 is 53.1 Å². The second kappa shape index (κ2) is 12.4. The van der Waals surface area contributed by atoms with Crippen molar-refractivity contribution < 1.29 is 18.3 Å². The maximum atomic E-state index is 12.5. The molecule has 2 atom stereocenters. The van der Waals surface area contributed by atoms with Crippen LogP contribution in [0, 0.1) is 5.92 Å². The molecule has 0 amide bonds. The average molecular weight is 569 g/mol. The number of rotatable bonds is 7. The predicted octanol–water partition coefficient (Wildman–Crippen LogP) is 4.08. The molecule has 1 aromatic carbocycles. The van der Waals surface area contributed by atoms with Crippen LogP contribution in [0.3, 0.4) is 0 Å². The number of hydrogen-bond donors (Lipinski definition) is 3. The Morgan fingerprint density at radius 3 is 2.52 bits per heavy atom. The van der Waals surface area contributed by atoms with Gasteiger partial charge in [-0.05, 0) is 49.6 Å². The third kappa shape index (κ3) is 9.91. The Morgan fingerprint density at radius 1 is 1.28 bits per heavy atom. The number of halogens is 6. The molecule has 1 saturated heterocycles. The summed E-state index contributed by atoms with van der Waals surface area (Å²) >= 11 is 11.9. The summed E-state index contributed by atoms with van der Waals surface area (Å²) in [7, 11) is 0. The molecule has 166 valence electrons. The highest BCUT2D eigenvalue weighted by atomic mass is 127. The quantitative estimate of drug-likeness (QED) is 0.263. The predicted molar refractivity (Wildman–Crippen MR) is 121 cm³/mol. The van der Waals surface area contributed by atoms with Gasteiger partial charge in [-0.25, -0.2) is 0 Å². The Hall–Kier alpha value is -0.490. The minimum atomic E-state index is -4.17. The molecular formula is C18H26Cl2F3IN4O. The van der Waals surface area contributed by atoms with Gasteiger partial charge in [-0.3, -0.25) is 9.89 Å². The zero-order valence-corrected chi connectivity index (χ0v) is 19.8. The molecule has 1 aliphatic rings. The number of alkyl halides is 3. The molecule has 0 aromatic heterocycles. The molecule has 5 nitrogen and oxygen atoms in total. The number of aliphatic hydroxyl groups excluding tert-OH is 1. The third-order valence-electron chi connectivity index (χ3n) is 4.37. The van der Waals surface area contributed by atoms with Gasteiger partial charge in [-0.2, -0.15) is 13.2 Å². The fourth-order valence-corrected chi connectivity index (χ4v) is 3.65. The van der Waals surface area contributed by atoms with Crippen LogP contribution in [0.2, 0.25) is 10.0 Å². The number of aliphatic hydroxyl groups is 1. The van der Waals surface area contributed by atoms with Crippen molar-refractivity contribution in [1.29, 1.82) is 0 Å². The molecule has 0 bridgehead atoms. The van der Waals surface area contributed by atoms with Crippen molar-refractivity contribution in [1.82, 2.24) is 15.5 Å². The van der Waals surface area contributed by atoms with Gasteiger partial charge in [0.25, 0.3) is 0 Å². The molecule has 2 rings (SSSR count). The van der Waals surface area contributed by atoms with E-state index < -0.39 is 18.8 Å². The van der Waals surface area contributed by atoms with Crippen molar-refractivity contribution in [2.45, 2.75) is 25.6 Å². The van der Waals surface area contributed by atoms with Gasteiger partial charge in [0.15, 0.2) is 5.96 Å². The number of guanidine groups is 1. The summed E-state index contributed by atoms with van der Waals surface area (Å²) in [6.45, 7) is 3.10. The molecule has 0 spiro atoms. The molecular weight excluding hydrogens is 543 g/mol. The molecule has 2 unspecified atom stereocenters. The van der Waals surface area contributed by atoms with Crippen LogP contribution in [-0.2, 0) is 0 Å². The number of nitrogens with one attached hydrogen (secondary N) is 2. The second-order valence-electron chi connectivity index (χ2n) is 6.82. The maximum absolute atomic E-state index is 12.5. The minimum absolute atomic E-state index is 0. The molecule has 0 radical (unpaired) electrons. The van der Waals surface area contributed by atoms with Crippen LogP contribution in [0.1, 0.15) is 25.0 Å². The summed E-state index contributed by atoms with van der Waals surface area (Å²) in [5.41, 5.74) is 0.565. The van der Waals surface area contributed by atoms with Crippen LogP contribution in [-0.4, -0.2) is 61.4 Å². The standard InChI is InChI=1S/C18H25Cl2F3N4O.HI/c1-2-24-17(25-8-12-3-4-27(10-12)11-18(21,22)23)26-9-16(28)13-5-14(19)7-15(20)6-13;/h5-7,12,16,28H,2-4,8-11H2,1H3,(H2,24,25,26);1H. The number of aliphatic imine (C=N–C) groups is 1. The third-order valence-corrected chi connectivity index (χ3v) is 4.80. The molecule has 29 heavy (non-hydrogen) atoms. The van der Waals surface area contributed by atoms with E-state index in [0.29, 0.717) is 54.2 Å². The highest BCUT2D eigenvalue weighted by molar-refractivity contribution is 14.0. The van der Waals surface area contributed by atoms with E-state index in [9.17, 15) is 18.3 Å². The Bertz CT molecular complexity index is 659. The monoisotopic (exact) mass is 568 g/mol. The van der Waals surface area contributed by atoms with Crippen molar-refractivity contribution in [3.8, 4) is 0 Å². The van der Waals surface area contributed by atoms with Crippen LogP contribution in [0.25, 0.3) is 0 Å². The first-order valence-electron chi connectivity index (χ1n) is 9.11. The largest absolute Gasteiger partial charge is 0.401 e. The zero-order chi connectivity index (χ0) is 20.7. The number of nitrogens with zero attached hydrogens (tertiary/aromatic N) is 2. The maximum Gasteiger partial charge on any atom is 0.401 e. The molecule has 3 N–H and O–H groups in total. The normalized spacial score (nSPS) is 19.0. The minimum Gasteiger partial charge on any atom is -0.386 e. The summed E-state index contributed by atoms with van der Waals surface area (Å²) in [4.78, 5) is 5.77. The molecule has 0 aliphatic carbocycles. The van der Waals surface area contributed by atoms with Gasteiger partial charge in [0.1, 0.15) is 0 Å². The second-order valence-corrected chi connectivity index (χ2v) is 7.70. The SMILES string of the molecule is CCNC(=NCC(O)c1cc(Cl)cc(Cl)c1)NCC1CCN(CC(F)(F)F)C1.I. The first-order chi connectivity index (χ1) is 13.2. The van der Waals surface area contributed by atoms with Gasteiger partial charge in [-0.1, -0.05) is 23.2 Å². The van der Waals surface area contributed by atoms with E-state index in [1.54, 1.807) is 18.2 Å². The highest BCUT2D eigenvalue weighted by Crippen LogP contribution is 2.24. The first-order valence-corrected chi connectivity index (χ1v) is 9.87. The van der Waals surface area contributed by atoms with Crippen LogP contribution < -0.4 is 10.6 Å². The topological polar surface area (TPSA) is 59.9 Å². The summed E-state index contributed by atoms with van der Waals surface area (Å²) < 4.78 is 37.5. The molecule has 0 saturated carbocycles. The number of likely N-dealkylation sites (tertiary alicyclic amines) is 1. The van der Waals surface area contributed by atoms with Crippen LogP contribution >= 0.6 is 47.2 Å². The van der Waals surface area contributed by atoms with Crippen LogP contribution in [0.4, 0.5) is 13.2 Å². The molecule has 11 heteroatoms. The molecule has 1 heterocycles. The Labute approximate surface area is 196 Å². The van der Waals surface area contributed by atoms with E-state index in [1.165, 1.54) is 4.90 Å². The summed E-state index contributed by atoms with van der Waals surface area (Å²) in [6.07, 6.45) is -4.34. The van der Waals surface area contributed by atoms with Gasteiger partial charge in [0, 0.05) is 29.7 Å². The fourth-order valence-electron chi connectivity index (χ4n) is 3.11. The molecule has 1 fully saturated rings. The number of hydrogen-bond acceptors (Lipinski definition) is 3. The van der Waals surface area contributed by atoms with Crippen molar-refractivity contribution in [3.05, 3.63) is 33.8 Å². The fraction of sp³-hybridized carbons (Fsp3) is 0.611. The summed E-state index contributed by atoms with van der Waals surface area (Å²) in [6, 6.07) is 4.83. The Morgan fingerprint density at radius 2 is 1.93 bits per heavy atom. The summed E-state index contributed by atoms with van der Waals surface area (Å²) in [5.74, 6) is 0.617. The lowest BCUT2D eigenvalue weighted by atomic mass is 10.1. The first kappa shape index (κ1) is 26.5. The van der Waals surface area contributed by atoms with E-state index in [-0.39, 0.29) is 36.4 Å². The van der Waals surface area contributed by atoms with Crippen LogP contribution in [0.5, 0.6) is 0 Å². The van der Waals surface area contributed by atoms with E-state index >= 15 is 0 Å². The van der Waals surface area contributed by atoms with Crippen molar-refractivity contribution in [2.75, 3.05) is 39.3 Å². The van der Waals surface area contributed by atoms with Gasteiger partial charge < -0.3 is 15.7 Å². The van der Waals surface area contributed by atoms with E-state index in [2.05, 4.69) is 15.6 Å². The van der Waals surface area contributed by atoms with E-state index in [4.69, 9.17) is 23.2 Å². The van der Waals surface area contributed by atoms with E-state index in [0.717, 1.165) is 0 Å².